The number of carbonyl (C=O) groups is 1. The second kappa shape index (κ2) is 10.6. The monoisotopic (exact) mass is 458 g/mol. The lowest BCUT2D eigenvalue weighted by Gasteiger charge is -2.24. The van der Waals surface area contributed by atoms with Gasteiger partial charge in [0.15, 0.2) is 0 Å². The van der Waals surface area contributed by atoms with Crippen LogP contribution in [0.25, 0.3) is 0 Å². The predicted molar refractivity (Wildman–Crippen MR) is 119 cm³/mol. The molecule has 0 aliphatic heterocycles. The Morgan fingerprint density at radius 2 is 1.56 bits per heavy atom. The molecule has 9 heteroatoms. The molecule has 0 atom stereocenters. The Morgan fingerprint density at radius 1 is 0.938 bits per heavy atom. The van der Waals surface area contributed by atoms with Gasteiger partial charge in [0, 0.05) is 0 Å². The van der Waals surface area contributed by atoms with Crippen molar-refractivity contribution in [1.29, 1.82) is 0 Å². The number of rotatable bonds is 10. The van der Waals surface area contributed by atoms with Crippen LogP contribution in [0.5, 0.6) is 11.5 Å². The number of hydrogen-bond donors (Lipinski definition) is 1. The average Bonchev–Trinajstić information content (AvgIpc) is 2.81. The minimum Gasteiger partial charge on any atom is -0.497 e. The number of nitrogens with one attached hydrogen (secondary N) is 1. The van der Waals surface area contributed by atoms with Crippen LogP contribution in [0.4, 0.5) is 10.1 Å². The molecular weight excluding hydrogens is 435 g/mol. The molecule has 1 amide bonds. The zero-order valence-electron chi connectivity index (χ0n) is 17.4. The number of methoxy groups -OCH3 is 1. The third-order valence-corrected chi connectivity index (χ3v) is 6.27. The number of carbonyl (C=O) groups excluding carboxylic acids is 1. The van der Waals surface area contributed by atoms with Crippen LogP contribution in [0, 0.1) is 5.82 Å². The number of amides is 1. The van der Waals surface area contributed by atoms with Crippen molar-refractivity contribution in [3.63, 3.8) is 0 Å². The van der Waals surface area contributed by atoms with Crippen molar-refractivity contribution in [2.75, 3.05) is 31.1 Å². The van der Waals surface area contributed by atoms with Crippen molar-refractivity contribution in [3.05, 3.63) is 84.7 Å². The largest absolute Gasteiger partial charge is 0.497 e. The van der Waals surface area contributed by atoms with E-state index in [1.54, 1.807) is 61.7 Å². The molecule has 1 N–H and O–H groups in total. The third kappa shape index (κ3) is 5.98. The second-order valence-corrected chi connectivity index (χ2v) is 8.54. The first-order valence-corrected chi connectivity index (χ1v) is 11.2. The van der Waals surface area contributed by atoms with Crippen molar-refractivity contribution >= 4 is 21.6 Å². The van der Waals surface area contributed by atoms with Gasteiger partial charge in [-0.05, 0) is 60.7 Å². The number of sulfonamides is 1. The van der Waals surface area contributed by atoms with Crippen LogP contribution in [0.15, 0.2) is 83.8 Å². The summed E-state index contributed by atoms with van der Waals surface area (Å²) in [7, 11) is -2.51. The summed E-state index contributed by atoms with van der Waals surface area (Å²) in [5.41, 5.74) is 0.321. The van der Waals surface area contributed by atoms with E-state index in [4.69, 9.17) is 9.47 Å². The van der Waals surface area contributed by atoms with Crippen molar-refractivity contribution in [1.82, 2.24) is 5.32 Å². The maximum Gasteiger partial charge on any atom is 0.264 e. The summed E-state index contributed by atoms with van der Waals surface area (Å²) in [4.78, 5) is 12.4. The zero-order valence-corrected chi connectivity index (χ0v) is 18.2. The topological polar surface area (TPSA) is 84.9 Å². The van der Waals surface area contributed by atoms with Gasteiger partial charge in [-0.3, -0.25) is 9.10 Å². The minimum absolute atomic E-state index is 0.113. The Kier molecular flexibility index (Phi) is 7.67. The van der Waals surface area contributed by atoms with Crippen LogP contribution < -0.4 is 19.1 Å². The molecule has 0 spiro atoms. The summed E-state index contributed by atoms with van der Waals surface area (Å²) >= 11 is 0. The van der Waals surface area contributed by atoms with E-state index in [1.165, 1.54) is 12.1 Å². The van der Waals surface area contributed by atoms with E-state index in [0.29, 0.717) is 17.2 Å². The van der Waals surface area contributed by atoms with Crippen LogP contribution in [-0.4, -0.2) is 41.1 Å². The lowest BCUT2D eigenvalue weighted by atomic mass is 10.3. The van der Waals surface area contributed by atoms with Gasteiger partial charge in [0.05, 0.1) is 24.2 Å². The van der Waals surface area contributed by atoms with Gasteiger partial charge in [-0.15, -0.1) is 0 Å². The third-order valence-electron chi connectivity index (χ3n) is 4.49. The number of para-hydroxylation sites is 1. The highest BCUT2D eigenvalue weighted by atomic mass is 32.2. The minimum atomic E-state index is -4.08. The number of hydrogen-bond acceptors (Lipinski definition) is 5. The molecule has 3 rings (SSSR count). The van der Waals surface area contributed by atoms with Crippen LogP contribution in [0.1, 0.15) is 0 Å². The Morgan fingerprint density at radius 3 is 2.19 bits per heavy atom. The average molecular weight is 459 g/mol. The molecule has 0 bridgehead atoms. The number of benzene rings is 3. The maximum absolute atomic E-state index is 13.3. The molecule has 0 saturated heterocycles. The number of ether oxygens (including phenoxy) is 2. The van der Waals surface area contributed by atoms with Gasteiger partial charge in [-0.1, -0.05) is 18.2 Å². The normalized spacial score (nSPS) is 10.9. The van der Waals surface area contributed by atoms with Gasteiger partial charge in [0.2, 0.25) is 5.91 Å². The SMILES string of the molecule is COc1ccc(OCCNC(=O)CN(c2ccccc2)S(=O)(=O)c2ccc(F)cc2)cc1. The molecule has 0 aliphatic rings. The highest BCUT2D eigenvalue weighted by Crippen LogP contribution is 2.23. The Hall–Kier alpha value is -3.59. The first-order chi connectivity index (χ1) is 15.4. The number of anilines is 1. The molecule has 0 fully saturated rings. The Bertz CT molecular complexity index is 1120. The van der Waals surface area contributed by atoms with Crippen LogP contribution in [0.2, 0.25) is 0 Å². The lowest BCUT2D eigenvalue weighted by Crippen LogP contribution is -2.41. The molecule has 0 aliphatic carbocycles. The highest BCUT2D eigenvalue weighted by molar-refractivity contribution is 7.92. The molecule has 0 heterocycles. The fourth-order valence-corrected chi connectivity index (χ4v) is 4.28. The van der Waals surface area contributed by atoms with E-state index < -0.39 is 28.3 Å². The van der Waals surface area contributed by atoms with Gasteiger partial charge in [0.1, 0.15) is 30.5 Å². The maximum atomic E-state index is 13.3. The molecule has 0 aromatic heterocycles. The number of halogens is 1. The van der Waals surface area contributed by atoms with E-state index in [-0.39, 0.29) is 18.0 Å². The molecule has 3 aromatic carbocycles. The summed E-state index contributed by atoms with van der Waals surface area (Å²) < 4.78 is 51.1. The fourth-order valence-electron chi connectivity index (χ4n) is 2.86. The summed E-state index contributed by atoms with van der Waals surface area (Å²) in [5.74, 6) is 0.265. The highest BCUT2D eigenvalue weighted by Gasteiger charge is 2.27. The van der Waals surface area contributed by atoms with Crippen molar-refractivity contribution in [2.24, 2.45) is 0 Å². The lowest BCUT2D eigenvalue weighted by molar-refractivity contribution is -0.119. The molecule has 0 radical (unpaired) electrons. The molecule has 0 saturated carbocycles. The van der Waals surface area contributed by atoms with Gasteiger partial charge in [-0.25, -0.2) is 12.8 Å². The van der Waals surface area contributed by atoms with Crippen molar-refractivity contribution < 1.29 is 27.1 Å². The zero-order chi connectivity index (χ0) is 23.0. The van der Waals surface area contributed by atoms with Gasteiger partial charge in [-0.2, -0.15) is 0 Å². The van der Waals surface area contributed by atoms with Crippen molar-refractivity contribution in [2.45, 2.75) is 4.90 Å². The quantitative estimate of drug-likeness (QED) is 0.472. The summed E-state index contributed by atoms with van der Waals surface area (Å²) in [6, 6.07) is 19.7. The molecule has 168 valence electrons. The standard InChI is InChI=1S/C23H23FN2O5S/c1-30-20-9-11-21(12-10-20)31-16-15-25-23(27)17-26(19-5-3-2-4-6-19)32(28,29)22-13-7-18(24)8-14-22/h2-14H,15-17H2,1H3,(H,25,27). The first-order valence-electron chi connectivity index (χ1n) is 9.77. The van der Waals surface area contributed by atoms with Gasteiger partial charge >= 0.3 is 0 Å². The Labute approximate surface area is 186 Å². The number of nitrogens with zero attached hydrogens (tertiary/aromatic N) is 1. The van der Waals surface area contributed by atoms with Gasteiger partial charge < -0.3 is 14.8 Å². The van der Waals surface area contributed by atoms with Crippen LogP contribution in [0.3, 0.4) is 0 Å². The van der Waals surface area contributed by atoms with E-state index >= 15 is 0 Å². The van der Waals surface area contributed by atoms with E-state index in [1.807, 2.05) is 0 Å². The van der Waals surface area contributed by atoms with Crippen LogP contribution in [-0.2, 0) is 14.8 Å². The van der Waals surface area contributed by atoms with E-state index in [2.05, 4.69) is 5.32 Å². The van der Waals surface area contributed by atoms with E-state index in [0.717, 1.165) is 16.4 Å². The van der Waals surface area contributed by atoms with Gasteiger partial charge in [0.25, 0.3) is 10.0 Å². The predicted octanol–water partition coefficient (Wildman–Crippen LogP) is 3.22. The smallest absolute Gasteiger partial charge is 0.264 e. The van der Waals surface area contributed by atoms with E-state index in [9.17, 15) is 17.6 Å². The molecular formula is C23H23FN2O5S. The Balaban J connectivity index is 1.64. The first kappa shape index (κ1) is 23.1. The molecule has 0 unspecified atom stereocenters. The summed E-state index contributed by atoms with van der Waals surface area (Å²) in [5, 5.41) is 2.65. The van der Waals surface area contributed by atoms with Crippen molar-refractivity contribution in [3.8, 4) is 11.5 Å². The molecule has 3 aromatic rings. The molecule has 7 nitrogen and oxygen atoms in total. The van der Waals surface area contributed by atoms with Crippen LogP contribution >= 0.6 is 0 Å². The summed E-state index contributed by atoms with van der Waals surface area (Å²) in [6.07, 6.45) is 0. The summed E-state index contributed by atoms with van der Waals surface area (Å²) in [6.45, 7) is -0.0511. The molecule has 32 heavy (non-hydrogen) atoms. The fraction of sp³-hybridized carbons (Fsp3) is 0.174. The second-order valence-electron chi connectivity index (χ2n) is 6.68.